The monoisotopic (exact) mass is 396 g/mol. The molecule has 1 aliphatic rings. The van der Waals surface area contributed by atoms with E-state index in [9.17, 15) is 9.59 Å². The van der Waals surface area contributed by atoms with E-state index < -0.39 is 11.7 Å². The molecule has 2 N–H and O–H groups in total. The molecule has 0 spiro atoms. The molecule has 0 aromatic heterocycles. The van der Waals surface area contributed by atoms with Crippen LogP contribution < -0.4 is 10.6 Å². The maximum atomic E-state index is 12.1. The Morgan fingerprint density at radius 3 is 2.62 bits per heavy atom. The summed E-state index contributed by atoms with van der Waals surface area (Å²) in [4.78, 5) is 23.6. The minimum absolute atomic E-state index is 0.0677. The summed E-state index contributed by atoms with van der Waals surface area (Å²) in [6, 6.07) is 8.11. The van der Waals surface area contributed by atoms with Gasteiger partial charge in [0.15, 0.2) is 0 Å². The van der Waals surface area contributed by atoms with Crippen molar-refractivity contribution in [3.05, 3.63) is 34.3 Å². The molecular weight excluding hydrogens is 372 g/mol. The van der Waals surface area contributed by atoms with Crippen molar-refractivity contribution in [3.8, 4) is 0 Å². The van der Waals surface area contributed by atoms with Gasteiger partial charge < -0.3 is 15.4 Å². The number of hydrogen-bond donors (Lipinski definition) is 2. The molecule has 0 bridgehead atoms. The fraction of sp³-hybridized carbons (Fsp3) is 0.556. The van der Waals surface area contributed by atoms with Crippen LogP contribution in [0.1, 0.15) is 45.1 Å². The normalized spacial score (nSPS) is 19.5. The van der Waals surface area contributed by atoms with Crippen LogP contribution in [0, 0.1) is 5.92 Å². The lowest BCUT2D eigenvalue weighted by atomic mass is 10.1. The van der Waals surface area contributed by atoms with Crippen LogP contribution >= 0.6 is 15.9 Å². The first kappa shape index (κ1) is 18.8. The zero-order valence-electron chi connectivity index (χ0n) is 14.4. The predicted molar refractivity (Wildman–Crippen MR) is 96.9 cm³/mol. The van der Waals surface area contributed by atoms with Crippen LogP contribution in [-0.2, 0) is 9.53 Å². The Hall–Kier alpha value is -1.56. The molecule has 6 heteroatoms. The van der Waals surface area contributed by atoms with Crippen molar-refractivity contribution in [2.24, 2.45) is 5.92 Å². The van der Waals surface area contributed by atoms with E-state index >= 15 is 0 Å². The van der Waals surface area contributed by atoms with Crippen LogP contribution in [0.15, 0.2) is 28.7 Å². The lowest BCUT2D eigenvalue weighted by Crippen LogP contribution is -2.34. The molecule has 1 aromatic rings. The second kappa shape index (κ2) is 8.01. The molecule has 0 aliphatic heterocycles. The van der Waals surface area contributed by atoms with Gasteiger partial charge in [-0.05, 0) is 57.2 Å². The van der Waals surface area contributed by atoms with Gasteiger partial charge in [-0.3, -0.25) is 4.79 Å². The Kier molecular flexibility index (Phi) is 6.27. The molecule has 0 radical (unpaired) electrons. The minimum Gasteiger partial charge on any atom is -0.444 e. The van der Waals surface area contributed by atoms with Gasteiger partial charge in [0, 0.05) is 23.5 Å². The summed E-state index contributed by atoms with van der Waals surface area (Å²) < 4.78 is 6.19. The SMILES string of the molecule is CC(C)(C)OC(=O)NCCCNC(=O)C1CC1c1cccc(Br)c1. The van der Waals surface area contributed by atoms with Gasteiger partial charge >= 0.3 is 6.09 Å². The number of carbonyl (C=O) groups is 2. The number of carbonyl (C=O) groups excluding carboxylic acids is 2. The van der Waals surface area contributed by atoms with E-state index in [1.165, 1.54) is 5.56 Å². The molecule has 1 fully saturated rings. The minimum atomic E-state index is -0.494. The summed E-state index contributed by atoms with van der Waals surface area (Å²) in [6.45, 7) is 6.50. The van der Waals surface area contributed by atoms with Gasteiger partial charge in [0.05, 0.1) is 0 Å². The smallest absolute Gasteiger partial charge is 0.407 e. The summed E-state index contributed by atoms with van der Waals surface area (Å²) in [5.74, 6) is 0.484. The van der Waals surface area contributed by atoms with Crippen molar-refractivity contribution < 1.29 is 14.3 Å². The molecule has 2 atom stereocenters. The molecule has 2 rings (SSSR count). The average Bonchev–Trinajstić information content (AvgIpc) is 3.25. The first-order valence-corrected chi connectivity index (χ1v) is 9.05. The van der Waals surface area contributed by atoms with E-state index in [2.05, 4.69) is 38.7 Å². The van der Waals surface area contributed by atoms with Gasteiger partial charge in [0.25, 0.3) is 0 Å². The highest BCUT2D eigenvalue weighted by Crippen LogP contribution is 2.47. The molecule has 132 valence electrons. The van der Waals surface area contributed by atoms with Gasteiger partial charge in [-0.25, -0.2) is 4.79 Å². The van der Waals surface area contributed by atoms with Crippen LogP contribution in [0.2, 0.25) is 0 Å². The van der Waals surface area contributed by atoms with Gasteiger partial charge in [0.1, 0.15) is 5.60 Å². The maximum absolute atomic E-state index is 12.1. The quantitative estimate of drug-likeness (QED) is 0.721. The molecule has 24 heavy (non-hydrogen) atoms. The number of alkyl carbamates (subject to hydrolysis) is 1. The zero-order valence-corrected chi connectivity index (χ0v) is 16.0. The molecule has 1 saturated carbocycles. The Morgan fingerprint density at radius 1 is 1.25 bits per heavy atom. The van der Waals surface area contributed by atoms with Gasteiger partial charge in [0.2, 0.25) is 5.91 Å². The summed E-state index contributed by atoms with van der Waals surface area (Å²) in [5, 5.41) is 5.62. The third-order valence-electron chi connectivity index (χ3n) is 3.73. The van der Waals surface area contributed by atoms with Gasteiger partial charge in [-0.15, -0.1) is 0 Å². The van der Waals surface area contributed by atoms with Gasteiger partial charge in [-0.1, -0.05) is 28.1 Å². The van der Waals surface area contributed by atoms with Crippen LogP contribution in [0.3, 0.4) is 0 Å². The highest BCUT2D eigenvalue weighted by atomic mass is 79.9. The van der Waals surface area contributed by atoms with E-state index in [0.717, 1.165) is 10.9 Å². The highest BCUT2D eigenvalue weighted by molar-refractivity contribution is 9.10. The fourth-order valence-corrected chi connectivity index (χ4v) is 2.94. The van der Waals surface area contributed by atoms with Crippen molar-refractivity contribution in [2.45, 2.75) is 45.1 Å². The Morgan fingerprint density at radius 2 is 1.96 bits per heavy atom. The van der Waals surface area contributed by atoms with Crippen molar-refractivity contribution in [2.75, 3.05) is 13.1 Å². The predicted octanol–water partition coefficient (Wildman–Crippen LogP) is 3.58. The number of nitrogens with one attached hydrogen (secondary N) is 2. The number of benzene rings is 1. The Balaban J connectivity index is 1.61. The standard InChI is InChI=1S/C18H25BrN2O3/c1-18(2,3)24-17(23)21-9-5-8-20-16(22)15-11-14(15)12-6-4-7-13(19)10-12/h4,6-7,10,14-15H,5,8-9,11H2,1-3H3,(H,20,22)(H,21,23). The molecule has 5 nitrogen and oxygen atoms in total. The first-order valence-electron chi connectivity index (χ1n) is 8.26. The fourth-order valence-electron chi connectivity index (χ4n) is 2.53. The Bertz CT molecular complexity index is 598. The number of hydrogen-bond acceptors (Lipinski definition) is 3. The summed E-state index contributed by atoms with van der Waals surface area (Å²) in [6.07, 6.45) is 1.16. The summed E-state index contributed by atoms with van der Waals surface area (Å²) in [5.41, 5.74) is 0.710. The number of rotatable bonds is 6. The molecule has 0 saturated heterocycles. The van der Waals surface area contributed by atoms with E-state index in [4.69, 9.17) is 4.74 Å². The van der Waals surface area contributed by atoms with Crippen LogP contribution in [0.5, 0.6) is 0 Å². The molecule has 2 amide bonds. The van der Waals surface area contributed by atoms with Crippen LogP contribution in [0.4, 0.5) is 4.79 Å². The summed E-state index contributed by atoms with van der Waals surface area (Å²) >= 11 is 3.46. The van der Waals surface area contributed by atoms with Gasteiger partial charge in [-0.2, -0.15) is 0 Å². The highest BCUT2D eigenvalue weighted by Gasteiger charge is 2.43. The number of halogens is 1. The van der Waals surface area contributed by atoms with Crippen LogP contribution in [-0.4, -0.2) is 30.7 Å². The molecular formula is C18H25BrN2O3. The van der Waals surface area contributed by atoms with Crippen LogP contribution in [0.25, 0.3) is 0 Å². The van der Waals surface area contributed by atoms with Crippen molar-refractivity contribution in [1.29, 1.82) is 0 Å². The third kappa shape index (κ3) is 6.15. The van der Waals surface area contributed by atoms with E-state index in [1.54, 1.807) is 0 Å². The second-order valence-corrected chi connectivity index (χ2v) is 7.99. The third-order valence-corrected chi connectivity index (χ3v) is 4.22. The zero-order chi connectivity index (χ0) is 17.7. The average molecular weight is 397 g/mol. The number of ether oxygens (including phenoxy) is 1. The van der Waals surface area contributed by atoms with Crippen molar-refractivity contribution in [3.63, 3.8) is 0 Å². The summed E-state index contributed by atoms with van der Waals surface area (Å²) in [7, 11) is 0. The van der Waals surface area contributed by atoms with Crippen molar-refractivity contribution >= 4 is 27.9 Å². The lowest BCUT2D eigenvalue weighted by Gasteiger charge is -2.19. The second-order valence-electron chi connectivity index (χ2n) is 7.08. The maximum Gasteiger partial charge on any atom is 0.407 e. The number of amides is 2. The Labute approximate surface area is 151 Å². The largest absolute Gasteiger partial charge is 0.444 e. The molecule has 0 heterocycles. The molecule has 1 aromatic carbocycles. The molecule has 1 aliphatic carbocycles. The topological polar surface area (TPSA) is 67.4 Å². The lowest BCUT2D eigenvalue weighted by molar-refractivity contribution is -0.122. The van der Waals surface area contributed by atoms with E-state index in [1.807, 2.05) is 32.9 Å². The van der Waals surface area contributed by atoms with E-state index in [0.29, 0.717) is 25.4 Å². The van der Waals surface area contributed by atoms with E-state index in [-0.39, 0.29) is 11.8 Å². The first-order chi connectivity index (χ1) is 11.3. The van der Waals surface area contributed by atoms with Crippen molar-refractivity contribution in [1.82, 2.24) is 10.6 Å². The molecule has 2 unspecified atom stereocenters.